The van der Waals surface area contributed by atoms with E-state index in [1.165, 1.54) is 96.3 Å². The van der Waals surface area contributed by atoms with Gasteiger partial charge in [-0.25, -0.2) is 0 Å². The van der Waals surface area contributed by atoms with Gasteiger partial charge >= 0.3 is 0 Å². The molecular weight excluding hydrogens is 312 g/mol. The summed E-state index contributed by atoms with van der Waals surface area (Å²) in [5.41, 5.74) is 0. The van der Waals surface area contributed by atoms with Gasteiger partial charge in [-0.1, -0.05) is 44.4 Å². The highest BCUT2D eigenvalue weighted by Crippen LogP contribution is 2.42. The second kappa shape index (κ2) is 10.7. The van der Waals surface area contributed by atoms with E-state index >= 15 is 0 Å². The zero-order valence-corrected chi connectivity index (χ0v) is 17.5. The van der Waals surface area contributed by atoms with Crippen LogP contribution in [0.15, 0.2) is 24.8 Å². The SMILES string of the molecule is C=C[C@H]1CC[C@H](CCC=C[C@H]2CC[C@H]([C@H]3CC[C@H](CC)CC3)CC2)CC1. The molecule has 0 spiro atoms. The lowest BCUT2D eigenvalue weighted by molar-refractivity contribution is 0.154. The largest absolute Gasteiger partial charge is 0.103 e. The quantitative estimate of drug-likeness (QED) is 0.402. The lowest BCUT2D eigenvalue weighted by Crippen LogP contribution is -2.25. The van der Waals surface area contributed by atoms with Gasteiger partial charge in [0.05, 0.1) is 0 Å². The predicted octanol–water partition coefficient (Wildman–Crippen LogP) is 8.34. The molecule has 0 unspecified atom stereocenters. The van der Waals surface area contributed by atoms with Gasteiger partial charge in [-0.2, -0.15) is 0 Å². The predicted molar refractivity (Wildman–Crippen MR) is 115 cm³/mol. The Morgan fingerprint density at radius 3 is 1.81 bits per heavy atom. The van der Waals surface area contributed by atoms with Crippen LogP contribution in [0.1, 0.15) is 103 Å². The van der Waals surface area contributed by atoms with Crippen LogP contribution >= 0.6 is 0 Å². The molecule has 3 saturated carbocycles. The smallest absolute Gasteiger partial charge is 0.0233 e. The molecule has 3 aliphatic carbocycles. The van der Waals surface area contributed by atoms with Crippen LogP contribution in [-0.2, 0) is 0 Å². The number of hydrogen-bond donors (Lipinski definition) is 0. The lowest BCUT2D eigenvalue weighted by atomic mass is 9.69. The Kier molecular flexibility index (Phi) is 8.34. The average molecular weight is 357 g/mol. The molecule has 0 bridgehead atoms. The van der Waals surface area contributed by atoms with E-state index in [1.54, 1.807) is 0 Å². The Morgan fingerprint density at radius 1 is 0.692 bits per heavy atom. The number of hydrogen-bond acceptors (Lipinski definition) is 0. The van der Waals surface area contributed by atoms with Gasteiger partial charge in [0.2, 0.25) is 0 Å². The molecule has 148 valence electrons. The Labute approximate surface area is 163 Å². The van der Waals surface area contributed by atoms with E-state index in [1.807, 2.05) is 0 Å². The van der Waals surface area contributed by atoms with Crippen molar-refractivity contribution >= 4 is 0 Å². The molecule has 0 atom stereocenters. The van der Waals surface area contributed by atoms with Crippen LogP contribution in [-0.4, -0.2) is 0 Å². The number of rotatable bonds is 7. The van der Waals surface area contributed by atoms with Crippen LogP contribution in [0.25, 0.3) is 0 Å². The molecule has 0 heteroatoms. The van der Waals surface area contributed by atoms with Gasteiger partial charge in [0.15, 0.2) is 0 Å². The third-order valence-electron chi connectivity index (χ3n) is 8.33. The van der Waals surface area contributed by atoms with Gasteiger partial charge in [0.25, 0.3) is 0 Å². The van der Waals surface area contributed by atoms with E-state index in [0.717, 1.165) is 35.5 Å². The Hall–Kier alpha value is -0.520. The highest BCUT2D eigenvalue weighted by atomic mass is 14.3. The van der Waals surface area contributed by atoms with Crippen LogP contribution in [0.2, 0.25) is 0 Å². The van der Waals surface area contributed by atoms with Gasteiger partial charge in [0, 0.05) is 0 Å². The zero-order valence-electron chi connectivity index (χ0n) is 17.5. The molecule has 3 rings (SSSR count). The van der Waals surface area contributed by atoms with Crippen molar-refractivity contribution in [2.75, 3.05) is 0 Å². The minimum atomic E-state index is 0.814. The molecule has 0 N–H and O–H groups in total. The summed E-state index contributed by atoms with van der Waals surface area (Å²) in [7, 11) is 0. The van der Waals surface area contributed by atoms with Gasteiger partial charge in [-0.15, -0.1) is 6.58 Å². The molecule has 0 aromatic rings. The molecule has 0 amide bonds. The molecule has 0 saturated heterocycles. The maximum absolute atomic E-state index is 3.97. The summed E-state index contributed by atoms with van der Waals surface area (Å²) in [6, 6.07) is 0. The zero-order chi connectivity index (χ0) is 18.2. The molecule has 0 radical (unpaired) electrons. The monoisotopic (exact) mass is 356 g/mol. The Bertz CT molecular complexity index is 409. The van der Waals surface area contributed by atoms with E-state index in [4.69, 9.17) is 0 Å². The van der Waals surface area contributed by atoms with Crippen molar-refractivity contribution in [3.05, 3.63) is 24.8 Å². The second-order valence-corrected chi connectivity index (χ2v) is 9.89. The van der Waals surface area contributed by atoms with E-state index < -0.39 is 0 Å². The first kappa shape index (κ1) is 20.2. The normalized spacial score (nSPS) is 39.1. The highest BCUT2D eigenvalue weighted by Gasteiger charge is 2.29. The average Bonchev–Trinajstić information content (AvgIpc) is 2.72. The van der Waals surface area contributed by atoms with Gasteiger partial charge in [-0.3, -0.25) is 0 Å². The van der Waals surface area contributed by atoms with Crippen molar-refractivity contribution in [3.8, 4) is 0 Å². The molecule has 3 fully saturated rings. The molecule has 26 heavy (non-hydrogen) atoms. The molecule has 0 heterocycles. The van der Waals surface area contributed by atoms with Crippen LogP contribution in [0, 0.1) is 35.5 Å². The lowest BCUT2D eigenvalue weighted by Gasteiger charge is -2.37. The summed E-state index contributed by atoms with van der Waals surface area (Å²) in [5.74, 6) is 5.90. The molecule has 0 aliphatic heterocycles. The topological polar surface area (TPSA) is 0 Å². The van der Waals surface area contributed by atoms with Crippen LogP contribution in [0.3, 0.4) is 0 Å². The number of allylic oxidation sites excluding steroid dienone is 3. The maximum atomic E-state index is 3.97. The minimum absolute atomic E-state index is 0.814. The van der Waals surface area contributed by atoms with Crippen molar-refractivity contribution in [1.29, 1.82) is 0 Å². The standard InChI is InChI=1S/C26H44/c1-3-21-9-11-23(12-10-21)7-5-6-8-24-15-19-26(20-16-24)25-17-13-22(4-2)14-18-25/h3,6,8,21-26H,1,4-5,7,9-20H2,2H3/t21-,22-,23-,24-,25-,26-. The van der Waals surface area contributed by atoms with Crippen molar-refractivity contribution in [2.45, 2.75) is 103 Å². The van der Waals surface area contributed by atoms with Crippen LogP contribution in [0.5, 0.6) is 0 Å². The summed E-state index contributed by atoms with van der Waals surface area (Å²) in [6.07, 6.45) is 29.2. The first-order valence-corrected chi connectivity index (χ1v) is 12.1. The first-order valence-electron chi connectivity index (χ1n) is 12.1. The minimum Gasteiger partial charge on any atom is -0.103 e. The van der Waals surface area contributed by atoms with Crippen LogP contribution < -0.4 is 0 Å². The fourth-order valence-electron chi connectivity index (χ4n) is 6.21. The third kappa shape index (κ3) is 6.00. The molecule has 0 aromatic heterocycles. The van der Waals surface area contributed by atoms with E-state index in [9.17, 15) is 0 Å². The Morgan fingerprint density at radius 2 is 1.23 bits per heavy atom. The first-order chi connectivity index (χ1) is 12.8. The molecule has 3 aliphatic rings. The summed E-state index contributed by atoms with van der Waals surface area (Å²) >= 11 is 0. The van der Waals surface area contributed by atoms with Gasteiger partial charge < -0.3 is 0 Å². The molecule has 0 nitrogen and oxygen atoms in total. The molecule has 0 aromatic carbocycles. The van der Waals surface area contributed by atoms with E-state index in [2.05, 4.69) is 31.7 Å². The fourth-order valence-corrected chi connectivity index (χ4v) is 6.21. The van der Waals surface area contributed by atoms with E-state index in [-0.39, 0.29) is 0 Å². The van der Waals surface area contributed by atoms with Gasteiger partial charge in [-0.05, 0) is 113 Å². The van der Waals surface area contributed by atoms with E-state index in [0.29, 0.717) is 0 Å². The van der Waals surface area contributed by atoms with Crippen molar-refractivity contribution in [1.82, 2.24) is 0 Å². The Balaban J connectivity index is 1.28. The molecular formula is C26H44. The van der Waals surface area contributed by atoms with Gasteiger partial charge in [0.1, 0.15) is 0 Å². The summed E-state index contributed by atoms with van der Waals surface area (Å²) in [5, 5.41) is 0. The summed E-state index contributed by atoms with van der Waals surface area (Å²) < 4.78 is 0. The van der Waals surface area contributed by atoms with Crippen LogP contribution in [0.4, 0.5) is 0 Å². The summed E-state index contributed by atoms with van der Waals surface area (Å²) in [4.78, 5) is 0. The van der Waals surface area contributed by atoms with Crippen molar-refractivity contribution in [2.24, 2.45) is 35.5 Å². The highest BCUT2D eigenvalue weighted by molar-refractivity contribution is 4.93. The fraction of sp³-hybridized carbons (Fsp3) is 0.846. The van der Waals surface area contributed by atoms with Crippen molar-refractivity contribution < 1.29 is 0 Å². The summed E-state index contributed by atoms with van der Waals surface area (Å²) in [6.45, 7) is 6.35. The second-order valence-electron chi connectivity index (χ2n) is 9.89. The third-order valence-corrected chi connectivity index (χ3v) is 8.33. The maximum Gasteiger partial charge on any atom is -0.0233 e. The van der Waals surface area contributed by atoms with Crippen molar-refractivity contribution in [3.63, 3.8) is 0 Å².